The van der Waals surface area contributed by atoms with E-state index >= 15 is 0 Å². The highest BCUT2D eigenvalue weighted by Gasteiger charge is 2.45. The number of aliphatic hydroxyl groups excluding tert-OH is 1. The van der Waals surface area contributed by atoms with E-state index in [4.69, 9.17) is 9.47 Å². The molecule has 0 aromatic heterocycles. The van der Waals surface area contributed by atoms with Crippen LogP contribution in [0.5, 0.6) is 0 Å². The predicted octanol–water partition coefficient (Wildman–Crippen LogP) is 0.768. The van der Waals surface area contributed by atoms with Crippen LogP contribution in [0.4, 0.5) is 4.79 Å². The van der Waals surface area contributed by atoms with Crippen molar-refractivity contribution in [2.45, 2.75) is 58.3 Å². The van der Waals surface area contributed by atoms with Crippen molar-refractivity contribution in [2.24, 2.45) is 5.92 Å². The van der Waals surface area contributed by atoms with E-state index in [2.05, 4.69) is 0 Å². The molecule has 3 unspecified atom stereocenters. The van der Waals surface area contributed by atoms with Gasteiger partial charge >= 0.3 is 12.1 Å². The molecule has 2 aliphatic heterocycles. The fourth-order valence-electron chi connectivity index (χ4n) is 3.30. The van der Waals surface area contributed by atoms with E-state index in [1.54, 1.807) is 32.6 Å². The summed E-state index contributed by atoms with van der Waals surface area (Å²) < 4.78 is 10.5. The van der Waals surface area contributed by atoms with Crippen LogP contribution < -0.4 is 0 Å². The Kier molecular flexibility index (Phi) is 5.92. The number of amides is 2. The molecule has 2 rings (SSSR count). The van der Waals surface area contributed by atoms with E-state index in [-0.39, 0.29) is 25.1 Å². The molecule has 3 atom stereocenters. The third-order valence-corrected chi connectivity index (χ3v) is 4.43. The van der Waals surface area contributed by atoms with Crippen molar-refractivity contribution in [1.29, 1.82) is 0 Å². The van der Waals surface area contributed by atoms with E-state index in [1.807, 2.05) is 0 Å². The van der Waals surface area contributed by atoms with E-state index in [9.17, 15) is 19.5 Å². The van der Waals surface area contributed by atoms with E-state index in [1.165, 1.54) is 4.90 Å². The Balaban J connectivity index is 2.13. The van der Waals surface area contributed by atoms with Crippen LogP contribution in [0.2, 0.25) is 0 Å². The minimum absolute atomic E-state index is 0.137. The van der Waals surface area contributed by atoms with Gasteiger partial charge in [0.2, 0.25) is 0 Å². The van der Waals surface area contributed by atoms with Gasteiger partial charge in [-0.05, 0) is 40.5 Å². The topological polar surface area (TPSA) is 96.4 Å². The molecule has 0 radical (unpaired) electrons. The molecule has 2 fully saturated rings. The molecule has 8 heteroatoms. The van der Waals surface area contributed by atoms with Gasteiger partial charge in [-0.2, -0.15) is 0 Å². The molecule has 25 heavy (non-hydrogen) atoms. The highest BCUT2D eigenvalue weighted by Crippen LogP contribution is 2.28. The lowest BCUT2D eigenvalue weighted by atomic mass is 9.91. The average molecular weight is 356 g/mol. The van der Waals surface area contributed by atoms with Gasteiger partial charge in [0.25, 0.3) is 5.91 Å². The summed E-state index contributed by atoms with van der Waals surface area (Å²) in [4.78, 5) is 39.9. The second kappa shape index (κ2) is 7.59. The number of nitrogens with zero attached hydrogens (tertiary/aromatic N) is 2. The summed E-state index contributed by atoms with van der Waals surface area (Å²) in [5.41, 5.74) is -0.623. The first kappa shape index (κ1) is 19.5. The Morgan fingerprint density at radius 2 is 1.92 bits per heavy atom. The van der Waals surface area contributed by atoms with Crippen molar-refractivity contribution in [2.75, 3.05) is 26.2 Å². The number of rotatable bonds is 3. The second-order valence-corrected chi connectivity index (χ2v) is 7.48. The maximum atomic E-state index is 12.4. The molecule has 142 valence electrons. The number of carbonyl (C=O) groups is 3. The van der Waals surface area contributed by atoms with E-state index < -0.39 is 29.7 Å². The molecule has 2 amide bonds. The normalized spacial score (nSPS) is 27.4. The molecular formula is C17H28N2O6. The van der Waals surface area contributed by atoms with Crippen LogP contribution in [0.25, 0.3) is 0 Å². The zero-order valence-electron chi connectivity index (χ0n) is 15.4. The third kappa shape index (κ3) is 4.62. The number of likely N-dealkylation sites (tertiary alicyclic amines) is 2. The van der Waals surface area contributed by atoms with Gasteiger partial charge in [-0.25, -0.2) is 4.79 Å². The number of carbonyl (C=O) groups excluding carboxylic acids is 3. The standard InChI is InChI=1S/C17H28N2O6/c1-5-24-15(22)11-10-18(16(23)25-17(2,3)4)8-6-12(11)19-9-7-13(20)14(19)21/h11-13,20H,5-10H2,1-4H3. The molecule has 0 bridgehead atoms. The third-order valence-electron chi connectivity index (χ3n) is 4.43. The van der Waals surface area contributed by atoms with Gasteiger partial charge in [0.1, 0.15) is 11.7 Å². The SMILES string of the molecule is CCOC(=O)C1CN(C(=O)OC(C)(C)C)CCC1N1CCC(O)C1=O. The molecule has 2 aliphatic rings. The second-order valence-electron chi connectivity index (χ2n) is 7.48. The number of piperidine rings is 1. The Hall–Kier alpha value is -1.83. The van der Waals surface area contributed by atoms with Crippen molar-refractivity contribution in [3.63, 3.8) is 0 Å². The summed E-state index contributed by atoms with van der Waals surface area (Å²) in [6, 6.07) is -0.373. The quantitative estimate of drug-likeness (QED) is 0.750. The lowest BCUT2D eigenvalue weighted by Crippen LogP contribution is -2.56. The summed E-state index contributed by atoms with van der Waals surface area (Å²) in [6.07, 6.45) is -0.679. The lowest BCUT2D eigenvalue weighted by molar-refractivity contribution is -0.154. The molecule has 0 saturated carbocycles. The number of aliphatic hydroxyl groups is 1. The Morgan fingerprint density at radius 1 is 1.24 bits per heavy atom. The molecule has 2 saturated heterocycles. The molecule has 0 aromatic rings. The van der Waals surface area contributed by atoms with Crippen LogP contribution in [-0.4, -0.2) is 76.9 Å². The highest BCUT2D eigenvalue weighted by atomic mass is 16.6. The van der Waals surface area contributed by atoms with Crippen molar-refractivity contribution < 1.29 is 29.0 Å². The monoisotopic (exact) mass is 356 g/mol. The molecule has 0 aliphatic carbocycles. The molecule has 1 N–H and O–H groups in total. The van der Waals surface area contributed by atoms with Crippen LogP contribution in [0.15, 0.2) is 0 Å². The van der Waals surface area contributed by atoms with Crippen molar-refractivity contribution >= 4 is 18.0 Å². The summed E-state index contributed by atoms with van der Waals surface area (Å²) in [5.74, 6) is -1.43. The summed E-state index contributed by atoms with van der Waals surface area (Å²) >= 11 is 0. The molecule has 0 aromatic carbocycles. The van der Waals surface area contributed by atoms with Gasteiger partial charge in [0.15, 0.2) is 0 Å². The fourth-order valence-corrected chi connectivity index (χ4v) is 3.30. The number of hydrogen-bond donors (Lipinski definition) is 1. The minimum atomic E-state index is -1.01. The Labute approximate surface area is 148 Å². The van der Waals surface area contributed by atoms with Crippen LogP contribution in [-0.2, 0) is 19.1 Å². The highest BCUT2D eigenvalue weighted by molar-refractivity contribution is 5.84. The van der Waals surface area contributed by atoms with Crippen molar-refractivity contribution in [3.05, 3.63) is 0 Å². The van der Waals surface area contributed by atoms with Gasteiger partial charge in [0, 0.05) is 25.7 Å². The maximum Gasteiger partial charge on any atom is 0.410 e. The Morgan fingerprint density at radius 3 is 2.44 bits per heavy atom. The first-order chi connectivity index (χ1) is 11.6. The summed E-state index contributed by atoms with van der Waals surface area (Å²) in [7, 11) is 0. The van der Waals surface area contributed by atoms with E-state index in [0.29, 0.717) is 25.9 Å². The van der Waals surface area contributed by atoms with Gasteiger partial charge in [-0.1, -0.05) is 0 Å². The van der Waals surface area contributed by atoms with Crippen LogP contribution in [0, 0.1) is 5.92 Å². The number of hydrogen-bond acceptors (Lipinski definition) is 6. The van der Waals surface area contributed by atoms with Gasteiger partial charge in [0.05, 0.1) is 12.5 Å². The number of ether oxygens (including phenoxy) is 2. The largest absolute Gasteiger partial charge is 0.466 e. The van der Waals surface area contributed by atoms with Gasteiger partial charge in [-0.3, -0.25) is 9.59 Å². The zero-order chi connectivity index (χ0) is 18.8. The first-order valence-corrected chi connectivity index (χ1v) is 8.77. The predicted molar refractivity (Wildman–Crippen MR) is 88.7 cm³/mol. The van der Waals surface area contributed by atoms with Gasteiger partial charge < -0.3 is 24.4 Å². The minimum Gasteiger partial charge on any atom is -0.466 e. The van der Waals surface area contributed by atoms with Gasteiger partial charge in [-0.15, -0.1) is 0 Å². The van der Waals surface area contributed by atoms with Crippen LogP contribution >= 0.6 is 0 Å². The van der Waals surface area contributed by atoms with Crippen molar-refractivity contribution in [1.82, 2.24) is 9.80 Å². The smallest absolute Gasteiger partial charge is 0.410 e. The van der Waals surface area contributed by atoms with E-state index in [0.717, 1.165) is 0 Å². The lowest BCUT2D eigenvalue weighted by Gasteiger charge is -2.41. The van der Waals surface area contributed by atoms with Crippen LogP contribution in [0.3, 0.4) is 0 Å². The maximum absolute atomic E-state index is 12.4. The Bertz CT molecular complexity index is 530. The zero-order valence-corrected chi connectivity index (χ0v) is 15.4. The van der Waals surface area contributed by atoms with Crippen LogP contribution in [0.1, 0.15) is 40.5 Å². The first-order valence-electron chi connectivity index (χ1n) is 8.77. The summed E-state index contributed by atoms with van der Waals surface area (Å²) in [5, 5.41) is 9.70. The molecule has 2 heterocycles. The molecular weight excluding hydrogens is 328 g/mol. The van der Waals surface area contributed by atoms with Crippen molar-refractivity contribution in [3.8, 4) is 0 Å². The average Bonchev–Trinajstić information content (AvgIpc) is 2.85. The summed E-state index contributed by atoms with van der Waals surface area (Å²) in [6.45, 7) is 8.22. The fraction of sp³-hybridized carbons (Fsp3) is 0.824. The molecule has 0 spiro atoms. The molecule has 8 nitrogen and oxygen atoms in total. The number of esters is 1.